The second-order valence-electron chi connectivity index (χ2n) is 11.5. The number of hydrogen-bond acceptors (Lipinski definition) is 6. The molecule has 1 aromatic heterocycles. The molecule has 1 N–H and O–H groups in total. The normalized spacial score (nSPS) is 17.4. The number of fused-ring (bicyclic) bond motifs is 1. The summed E-state index contributed by atoms with van der Waals surface area (Å²) in [4.78, 5) is 20.8. The molecule has 0 amide bonds. The van der Waals surface area contributed by atoms with E-state index in [2.05, 4.69) is 34.1 Å². The topological polar surface area (TPSA) is 75.1 Å². The Morgan fingerprint density at radius 1 is 0.854 bits per heavy atom. The molecule has 7 heteroatoms. The summed E-state index contributed by atoms with van der Waals surface area (Å²) in [6, 6.07) is 18.6. The SMILES string of the molecule is O=C(O)CCc1ccc2cccc(OC3CCN(CCc4ccc(OCCCN5CCCCCC5)cc4)CC3)c2n1. The van der Waals surface area contributed by atoms with Gasteiger partial charge in [-0.2, -0.15) is 0 Å². The first-order valence-corrected chi connectivity index (χ1v) is 15.6. The van der Waals surface area contributed by atoms with Crippen LogP contribution in [-0.2, 0) is 17.6 Å². The van der Waals surface area contributed by atoms with Crippen LogP contribution in [0.2, 0.25) is 0 Å². The van der Waals surface area contributed by atoms with E-state index < -0.39 is 5.97 Å². The van der Waals surface area contributed by atoms with Gasteiger partial charge in [-0.25, -0.2) is 4.98 Å². The van der Waals surface area contributed by atoms with E-state index in [1.165, 1.54) is 44.3 Å². The zero-order valence-electron chi connectivity index (χ0n) is 24.3. The highest BCUT2D eigenvalue weighted by molar-refractivity contribution is 5.84. The van der Waals surface area contributed by atoms with Crippen molar-refractivity contribution < 1.29 is 19.4 Å². The minimum Gasteiger partial charge on any atom is -0.494 e. The van der Waals surface area contributed by atoms with Crippen LogP contribution in [0, 0.1) is 0 Å². The number of aliphatic carboxylic acids is 1. The number of piperidine rings is 1. The fraction of sp³-hybridized carbons (Fsp3) is 0.529. The number of carboxylic acids is 1. The zero-order chi connectivity index (χ0) is 28.3. The van der Waals surface area contributed by atoms with Crippen molar-refractivity contribution in [3.63, 3.8) is 0 Å². The maximum absolute atomic E-state index is 11.0. The maximum atomic E-state index is 11.0. The minimum absolute atomic E-state index is 0.0802. The van der Waals surface area contributed by atoms with E-state index in [0.717, 1.165) is 86.6 Å². The Labute approximate surface area is 244 Å². The van der Waals surface area contributed by atoms with E-state index in [1.807, 2.05) is 30.3 Å². The molecule has 41 heavy (non-hydrogen) atoms. The number of nitrogens with zero attached hydrogens (tertiary/aromatic N) is 3. The number of ether oxygens (including phenoxy) is 2. The number of rotatable bonds is 13. The number of carboxylic acid groups (broad SMARTS) is 1. The Hall–Kier alpha value is -3.16. The van der Waals surface area contributed by atoms with Gasteiger partial charge >= 0.3 is 5.97 Å². The highest BCUT2D eigenvalue weighted by atomic mass is 16.5. The van der Waals surface area contributed by atoms with E-state index in [1.54, 1.807) is 0 Å². The number of carbonyl (C=O) groups is 1. The average molecular weight is 560 g/mol. The predicted molar refractivity (Wildman–Crippen MR) is 163 cm³/mol. The summed E-state index contributed by atoms with van der Waals surface area (Å²) in [6.45, 7) is 7.52. The number of benzene rings is 2. The van der Waals surface area contributed by atoms with Crippen molar-refractivity contribution in [2.45, 2.75) is 70.3 Å². The smallest absolute Gasteiger partial charge is 0.303 e. The van der Waals surface area contributed by atoms with E-state index >= 15 is 0 Å². The lowest BCUT2D eigenvalue weighted by Gasteiger charge is -2.32. The van der Waals surface area contributed by atoms with Crippen LogP contribution in [0.5, 0.6) is 11.5 Å². The van der Waals surface area contributed by atoms with Gasteiger partial charge in [-0.1, -0.05) is 43.2 Å². The van der Waals surface area contributed by atoms with Gasteiger partial charge in [-0.15, -0.1) is 0 Å². The molecule has 2 saturated heterocycles. The number of aromatic nitrogens is 1. The molecule has 2 fully saturated rings. The Morgan fingerprint density at radius 3 is 2.37 bits per heavy atom. The van der Waals surface area contributed by atoms with Crippen molar-refractivity contribution >= 4 is 16.9 Å². The highest BCUT2D eigenvalue weighted by Crippen LogP contribution is 2.27. The third kappa shape index (κ3) is 9.17. The first kappa shape index (κ1) is 29.3. The first-order valence-electron chi connectivity index (χ1n) is 15.6. The second-order valence-corrected chi connectivity index (χ2v) is 11.5. The van der Waals surface area contributed by atoms with Gasteiger partial charge < -0.3 is 24.4 Å². The van der Waals surface area contributed by atoms with Gasteiger partial charge in [-0.3, -0.25) is 4.79 Å². The lowest BCUT2D eigenvalue weighted by Crippen LogP contribution is -2.39. The van der Waals surface area contributed by atoms with Crippen molar-refractivity contribution in [3.05, 3.63) is 65.9 Å². The number of para-hydroxylation sites is 1. The monoisotopic (exact) mass is 559 g/mol. The molecule has 0 aliphatic carbocycles. The van der Waals surface area contributed by atoms with Crippen molar-refractivity contribution in [1.29, 1.82) is 0 Å². The molecule has 0 atom stereocenters. The zero-order valence-corrected chi connectivity index (χ0v) is 24.3. The summed E-state index contributed by atoms with van der Waals surface area (Å²) in [6.07, 6.45) is 10.2. The molecule has 3 aromatic rings. The van der Waals surface area contributed by atoms with Crippen LogP contribution in [0.4, 0.5) is 0 Å². The van der Waals surface area contributed by atoms with Crippen LogP contribution in [0.1, 0.15) is 62.6 Å². The van der Waals surface area contributed by atoms with Crippen LogP contribution < -0.4 is 9.47 Å². The predicted octanol–water partition coefficient (Wildman–Crippen LogP) is 5.98. The number of hydrogen-bond donors (Lipinski definition) is 1. The van der Waals surface area contributed by atoms with Crippen molar-refractivity contribution in [1.82, 2.24) is 14.8 Å². The Morgan fingerprint density at radius 2 is 1.61 bits per heavy atom. The summed E-state index contributed by atoms with van der Waals surface area (Å²) in [5, 5.41) is 10.0. The summed E-state index contributed by atoms with van der Waals surface area (Å²) in [5.41, 5.74) is 2.96. The van der Waals surface area contributed by atoms with Crippen LogP contribution in [0.25, 0.3) is 10.9 Å². The number of pyridine rings is 1. The molecule has 2 aliphatic rings. The molecule has 0 unspecified atom stereocenters. The molecule has 2 aromatic carbocycles. The highest BCUT2D eigenvalue weighted by Gasteiger charge is 2.21. The van der Waals surface area contributed by atoms with E-state index in [0.29, 0.717) is 6.42 Å². The molecule has 220 valence electrons. The van der Waals surface area contributed by atoms with E-state index in [9.17, 15) is 4.79 Å². The van der Waals surface area contributed by atoms with Gasteiger partial charge in [0, 0.05) is 43.7 Å². The lowest BCUT2D eigenvalue weighted by atomic mass is 10.1. The van der Waals surface area contributed by atoms with Crippen LogP contribution in [0.3, 0.4) is 0 Å². The fourth-order valence-corrected chi connectivity index (χ4v) is 5.94. The second kappa shape index (κ2) is 15.2. The van der Waals surface area contributed by atoms with Gasteiger partial charge in [0.15, 0.2) is 0 Å². The quantitative estimate of drug-likeness (QED) is 0.258. The summed E-state index contributed by atoms with van der Waals surface area (Å²) in [5.74, 6) is 0.959. The van der Waals surface area contributed by atoms with Crippen LogP contribution in [0.15, 0.2) is 54.6 Å². The van der Waals surface area contributed by atoms with Crippen molar-refractivity contribution in [2.75, 3.05) is 45.9 Å². The first-order chi connectivity index (χ1) is 20.1. The standard InChI is InChI=1S/C34H45N3O4/c38-33(39)16-13-29-12-11-28-7-5-8-32(34(28)35-29)41-31-18-24-37(25-19-31)23-17-27-9-14-30(15-10-27)40-26-6-22-36-20-3-1-2-4-21-36/h5,7-12,14-15,31H,1-4,6,13,16-26H2,(H,38,39). The molecular formula is C34H45N3O4. The third-order valence-corrected chi connectivity index (χ3v) is 8.39. The van der Waals surface area contributed by atoms with Crippen LogP contribution >= 0.6 is 0 Å². The molecular weight excluding hydrogens is 514 g/mol. The van der Waals surface area contributed by atoms with Crippen molar-refractivity contribution in [2.24, 2.45) is 0 Å². The lowest BCUT2D eigenvalue weighted by molar-refractivity contribution is -0.136. The number of aryl methyl sites for hydroxylation is 1. The van der Waals surface area contributed by atoms with Gasteiger partial charge in [-0.05, 0) is 81.4 Å². The molecule has 7 nitrogen and oxygen atoms in total. The Bertz CT molecular complexity index is 1230. The average Bonchev–Trinajstić information content (AvgIpc) is 3.28. The molecule has 0 radical (unpaired) electrons. The van der Waals surface area contributed by atoms with Gasteiger partial charge in [0.25, 0.3) is 0 Å². The molecule has 0 spiro atoms. The molecule has 2 aliphatic heterocycles. The third-order valence-electron chi connectivity index (χ3n) is 8.39. The largest absolute Gasteiger partial charge is 0.494 e. The van der Waals surface area contributed by atoms with E-state index in [-0.39, 0.29) is 12.5 Å². The summed E-state index contributed by atoms with van der Waals surface area (Å²) in [7, 11) is 0. The van der Waals surface area contributed by atoms with Crippen molar-refractivity contribution in [3.8, 4) is 11.5 Å². The summed E-state index contributed by atoms with van der Waals surface area (Å²) >= 11 is 0. The van der Waals surface area contributed by atoms with Crippen LogP contribution in [-0.4, -0.2) is 77.8 Å². The molecule has 3 heterocycles. The minimum atomic E-state index is -0.807. The van der Waals surface area contributed by atoms with E-state index in [4.69, 9.17) is 19.6 Å². The maximum Gasteiger partial charge on any atom is 0.303 e. The van der Waals surface area contributed by atoms with Gasteiger partial charge in [0.2, 0.25) is 0 Å². The fourth-order valence-electron chi connectivity index (χ4n) is 5.94. The Balaban J connectivity index is 1.02. The molecule has 0 saturated carbocycles. The molecule has 0 bridgehead atoms. The molecule has 5 rings (SSSR count). The van der Waals surface area contributed by atoms with Gasteiger partial charge in [0.05, 0.1) is 13.0 Å². The number of likely N-dealkylation sites (tertiary alicyclic amines) is 2. The Kier molecular flexibility index (Phi) is 10.9. The summed E-state index contributed by atoms with van der Waals surface area (Å²) < 4.78 is 12.4. The van der Waals surface area contributed by atoms with Gasteiger partial charge in [0.1, 0.15) is 23.1 Å².